The van der Waals surface area contributed by atoms with Gasteiger partial charge < -0.3 is 11.1 Å². The molecule has 0 aliphatic heterocycles. The molecule has 2 rings (SSSR count). The van der Waals surface area contributed by atoms with Crippen molar-refractivity contribution in [2.75, 3.05) is 16.8 Å². The maximum absolute atomic E-state index is 12.0. The van der Waals surface area contributed by atoms with Crippen molar-refractivity contribution in [3.8, 4) is 0 Å². The van der Waals surface area contributed by atoms with Gasteiger partial charge in [-0.1, -0.05) is 35.0 Å². The second kappa shape index (κ2) is 6.11. The molecule has 20 heavy (non-hydrogen) atoms. The molecule has 0 fully saturated rings. The number of hydrogen-bond donors (Lipinski definition) is 2. The maximum atomic E-state index is 12.0. The Morgan fingerprint density at radius 2 is 2.20 bits per heavy atom. The van der Waals surface area contributed by atoms with Crippen LogP contribution < -0.4 is 11.1 Å². The van der Waals surface area contributed by atoms with Gasteiger partial charge >= 0.3 is 0 Å². The average Bonchev–Trinajstić information content (AvgIpc) is 2.78. The number of nitrogen functional groups attached to an aromatic ring is 1. The standard InChI is InChI=1S/C12H14BrN3O2S2/c1-2-20(17,18)10-11(14)16-19-12(10)15-7-8-4-3-5-9(13)6-8/h3-6,15H,2,7H2,1H3,(H2,14,16). The van der Waals surface area contributed by atoms with Crippen molar-refractivity contribution >= 4 is 48.1 Å². The lowest BCUT2D eigenvalue weighted by Gasteiger charge is -2.07. The van der Waals surface area contributed by atoms with Gasteiger partial charge in [0, 0.05) is 11.0 Å². The molecular weight excluding hydrogens is 362 g/mol. The van der Waals surface area contributed by atoms with E-state index in [1.54, 1.807) is 6.92 Å². The summed E-state index contributed by atoms with van der Waals surface area (Å²) in [5.74, 6) is 0.0647. The van der Waals surface area contributed by atoms with Crippen LogP contribution in [0.25, 0.3) is 0 Å². The van der Waals surface area contributed by atoms with Crippen molar-refractivity contribution in [3.05, 3.63) is 34.3 Å². The number of sulfone groups is 1. The summed E-state index contributed by atoms with van der Waals surface area (Å²) in [6, 6.07) is 7.77. The first-order valence-electron chi connectivity index (χ1n) is 5.90. The van der Waals surface area contributed by atoms with Crippen molar-refractivity contribution in [2.24, 2.45) is 0 Å². The van der Waals surface area contributed by atoms with Crippen molar-refractivity contribution in [3.63, 3.8) is 0 Å². The molecule has 5 nitrogen and oxygen atoms in total. The second-order valence-electron chi connectivity index (χ2n) is 4.11. The van der Waals surface area contributed by atoms with E-state index in [1.165, 1.54) is 0 Å². The summed E-state index contributed by atoms with van der Waals surface area (Å²) < 4.78 is 28.9. The third kappa shape index (κ3) is 3.31. The van der Waals surface area contributed by atoms with Gasteiger partial charge in [-0.15, -0.1) is 0 Å². The Kier molecular flexibility index (Phi) is 4.66. The number of hydrogen-bond acceptors (Lipinski definition) is 6. The highest BCUT2D eigenvalue weighted by molar-refractivity contribution is 9.10. The van der Waals surface area contributed by atoms with Crippen LogP contribution in [0, 0.1) is 0 Å². The minimum absolute atomic E-state index is 0.00117. The number of aromatic nitrogens is 1. The van der Waals surface area contributed by atoms with Gasteiger partial charge in [-0.3, -0.25) is 0 Å². The summed E-state index contributed by atoms with van der Waals surface area (Å²) in [4.78, 5) is 0.111. The second-order valence-corrected chi connectivity index (χ2v) is 8.02. The molecule has 0 amide bonds. The monoisotopic (exact) mass is 375 g/mol. The van der Waals surface area contributed by atoms with Crippen LogP contribution in [0.5, 0.6) is 0 Å². The molecule has 1 aromatic heterocycles. The van der Waals surface area contributed by atoms with E-state index < -0.39 is 9.84 Å². The van der Waals surface area contributed by atoms with E-state index in [2.05, 4.69) is 25.6 Å². The Bertz CT molecular complexity index is 713. The minimum atomic E-state index is -3.38. The van der Waals surface area contributed by atoms with Gasteiger partial charge in [-0.2, -0.15) is 4.37 Å². The Balaban J connectivity index is 2.23. The molecule has 0 bridgehead atoms. The third-order valence-corrected chi connectivity index (χ3v) is 5.94. The lowest BCUT2D eigenvalue weighted by Crippen LogP contribution is -2.09. The van der Waals surface area contributed by atoms with Crippen LogP contribution >= 0.6 is 27.5 Å². The first kappa shape index (κ1) is 15.3. The predicted molar refractivity (Wildman–Crippen MR) is 85.7 cm³/mol. The lowest BCUT2D eigenvalue weighted by molar-refractivity contribution is 0.598. The number of nitrogens with two attached hydrogens (primary N) is 1. The number of halogens is 1. The van der Waals surface area contributed by atoms with Crippen molar-refractivity contribution in [1.29, 1.82) is 0 Å². The molecule has 0 radical (unpaired) electrons. The largest absolute Gasteiger partial charge is 0.382 e. The predicted octanol–water partition coefficient (Wildman–Crippen LogP) is 2.89. The molecule has 1 aromatic carbocycles. The molecular formula is C12H14BrN3O2S2. The first-order chi connectivity index (χ1) is 9.44. The summed E-state index contributed by atoms with van der Waals surface area (Å²) in [6.07, 6.45) is 0. The normalized spacial score (nSPS) is 11.5. The van der Waals surface area contributed by atoms with Crippen LogP contribution in [0.1, 0.15) is 12.5 Å². The highest BCUT2D eigenvalue weighted by Crippen LogP contribution is 2.32. The van der Waals surface area contributed by atoms with E-state index in [4.69, 9.17) is 5.73 Å². The van der Waals surface area contributed by atoms with Gasteiger partial charge in [0.25, 0.3) is 0 Å². The van der Waals surface area contributed by atoms with Crippen LogP contribution in [0.3, 0.4) is 0 Å². The van der Waals surface area contributed by atoms with Gasteiger partial charge in [0.1, 0.15) is 9.90 Å². The zero-order valence-electron chi connectivity index (χ0n) is 10.8. The Morgan fingerprint density at radius 3 is 2.85 bits per heavy atom. The molecule has 0 saturated carbocycles. The molecule has 0 aliphatic rings. The molecule has 108 valence electrons. The minimum Gasteiger partial charge on any atom is -0.382 e. The van der Waals surface area contributed by atoms with Gasteiger partial charge in [0.15, 0.2) is 15.7 Å². The van der Waals surface area contributed by atoms with E-state index in [-0.39, 0.29) is 16.5 Å². The van der Waals surface area contributed by atoms with E-state index in [0.717, 1.165) is 21.6 Å². The first-order valence-corrected chi connectivity index (χ1v) is 9.12. The van der Waals surface area contributed by atoms with Crippen molar-refractivity contribution in [2.45, 2.75) is 18.4 Å². The van der Waals surface area contributed by atoms with Gasteiger partial charge in [-0.05, 0) is 29.2 Å². The molecule has 0 aliphatic carbocycles. The number of nitrogens with zero attached hydrogens (tertiary/aromatic N) is 1. The van der Waals surface area contributed by atoms with Crippen LogP contribution in [0.2, 0.25) is 0 Å². The topological polar surface area (TPSA) is 85.1 Å². The molecule has 0 atom stereocenters. The van der Waals surface area contributed by atoms with Gasteiger partial charge in [-0.25, -0.2) is 8.42 Å². The van der Waals surface area contributed by atoms with E-state index in [1.807, 2.05) is 24.3 Å². The molecule has 2 aromatic rings. The summed E-state index contributed by atoms with van der Waals surface area (Å²) in [5.41, 5.74) is 6.70. The fraction of sp³-hybridized carbons (Fsp3) is 0.250. The number of rotatable bonds is 5. The molecule has 1 heterocycles. The molecule has 0 saturated heterocycles. The fourth-order valence-corrected chi connectivity index (χ4v) is 4.29. The SMILES string of the molecule is CCS(=O)(=O)c1c(N)nsc1NCc1cccc(Br)c1. The van der Waals surface area contributed by atoms with Crippen LogP contribution in [0.4, 0.5) is 10.8 Å². The molecule has 3 N–H and O–H groups in total. The fourth-order valence-electron chi connectivity index (χ4n) is 1.68. The van der Waals surface area contributed by atoms with Crippen LogP contribution in [0.15, 0.2) is 33.6 Å². The van der Waals surface area contributed by atoms with E-state index in [0.29, 0.717) is 11.5 Å². The molecule has 0 spiro atoms. The van der Waals surface area contributed by atoms with E-state index >= 15 is 0 Å². The summed E-state index contributed by atoms with van der Waals surface area (Å²) in [7, 11) is -3.38. The van der Waals surface area contributed by atoms with Gasteiger partial charge in [0.2, 0.25) is 0 Å². The lowest BCUT2D eigenvalue weighted by atomic mass is 10.2. The number of benzene rings is 1. The van der Waals surface area contributed by atoms with Crippen LogP contribution in [-0.4, -0.2) is 18.5 Å². The summed E-state index contributed by atoms with van der Waals surface area (Å²) in [6.45, 7) is 2.10. The Hall–Kier alpha value is -1.12. The third-order valence-electron chi connectivity index (χ3n) is 2.71. The summed E-state index contributed by atoms with van der Waals surface area (Å²) in [5, 5.41) is 3.58. The van der Waals surface area contributed by atoms with Crippen LogP contribution in [-0.2, 0) is 16.4 Å². The molecule has 8 heteroatoms. The van der Waals surface area contributed by atoms with Gasteiger partial charge in [0.05, 0.1) is 5.75 Å². The number of anilines is 2. The van der Waals surface area contributed by atoms with Crippen molar-refractivity contribution < 1.29 is 8.42 Å². The van der Waals surface area contributed by atoms with Crippen molar-refractivity contribution in [1.82, 2.24) is 4.37 Å². The smallest absolute Gasteiger partial charge is 0.184 e. The Morgan fingerprint density at radius 1 is 1.45 bits per heavy atom. The highest BCUT2D eigenvalue weighted by Gasteiger charge is 2.23. The molecule has 0 unspecified atom stereocenters. The highest BCUT2D eigenvalue weighted by atomic mass is 79.9. The average molecular weight is 376 g/mol. The van der Waals surface area contributed by atoms with E-state index in [9.17, 15) is 8.42 Å². The zero-order valence-corrected chi connectivity index (χ0v) is 14.0. The maximum Gasteiger partial charge on any atom is 0.184 e. The zero-order chi connectivity index (χ0) is 14.8. The Labute approximate surface area is 130 Å². The quantitative estimate of drug-likeness (QED) is 0.838. The summed E-state index contributed by atoms with van der Waals surface area (Å²) >= 11 is 4.46. The number of nitrogens with one attached hydrogen (secondary N) is 1.